The molecule has 7 heteroatoms. The minimum absolute atomic E-state index is 0.0731. The first-order chi connectivity index (χ1) is 9.81. The minimum atomic E-state index is -1.25. The van der Waals surface area contributed by atoms with Gasteiger partial charge in [0.2, 0.25) is 0 Å². The smallest absolute Gasteiger partial charge is 0.337 e. The molecule has 0 aliphatic rings. The highest BCUT2D eigenvalue weighted by Gasteiger charge is 2.16. The van der Waals surface area contributed by atoms with Gasteiger partial charge in [-0.1, -0.05) is 29.3 Å². The fraction of sp³-hybridized carbons (Fsp3) is 0.0714. The van der Waals surface area contributed by atoms with Crippen LogP contribution in [-0.4, -0.2) is 11.1 Å². The van der Waals surface area contributed by atoms with E-state index in [-0.39, 0.29) is 16.9 Å². The molecule has 0 heterocycles. The lowest BCUT2D eigenvalue weighted by molar-refractivity contribution is 0.0698. The lowest BCUT2D eigenvalue weighted by Crippen LogP contribution is -2.05. The van der Waals surface area contributed by atoms with Gasteiger partial charge < -0.3 is 16.2 Å². The number of hydrogen-bond donors (Lipinski definition) is 3. The summed E-state index contributed by atoms with van der Waals surface area (Å²) in [5, 5.41) is 12.4. The maximum absolute atomic E-state index is 13.9. The Morgan fingerprint density at radius 3 is 2.62 bits per heavy atom. The highest BCUT2D eigenvalue weighted by Crippen LogP contribution is 2.36. The molecule has 2 aromatic carbocycles. The van der Waals surface area contributed by atoms with Crippen molar-refractivity contribution in [1.29, 1.82) is 0 Å². The molecule has 0 aromatic heterocycles. The summed E-state index contributed by atoms with van der Waals surface area (Å²) in [5.74, 6) is -1.96. The van der Waals surface area contributed by atoms with Crippen molar-refractivity contribution in [3.8, 4) is 0 Å². The Morgan fingerprint density at radius 1 is 1.33 bits per heavy atom. The van der Waals surface area contributed by atoms with Gasteiger partial charge in [0, 0.05) is 5.69 Å². The van der Waals surface area contributed by atoms with Crippen LogP contribution in [0.25, 0.3) is 0 Å². The van der Waals surface area contributed by atoms with E-state index in [2.05, 4.69) is 5.32 Å². The number of benzene rings is 2. The van der Waals surface area contributed by atoms with Gasteiger partial charge in [0.05, 0.1) is 27.0 Å². The van der Waals surface area contributed by atoms with Crippen LogP contribution in [0.2, 0.25) is 10.0 Å². The van der Waals surface area contributed by atoms with Crippen molar-refractivity contribution in [2.45, 2.75) is 6.92 Å². The van der Waals surface area contributed by atoms with E-state index in [4.69, 9.17) is 34.0 Å². The average Bonchev–Trinajstić information content (AvgIpc) is 2.41. The largest absolute Gasteiger partial charge is 0.478 e. The lowest BCUT2D eigenvalue weighted by Gasteiger charge is -2.14. The maximum atomic E-state index is 13.9. The zero-order valence-electron chi connectivity index (χ0n) is 10.9. The number of halogens is 3. The van der Waals surface area contributed by atoms with Crippen molar-refractivity contribution in [2.24, 2.45) is 0 Å². The number of carbonyl (C=O) groups is 1. The van der Waals surface area contributed by atoms with Gasteiger partial charge in [-0.25, -0.2) is 9.18 Å². The van der Waals surface area contributed by atoms with Crippen LogP contribution in [0.4, 0.5) is 21.5 Å². The first kappa shape index (κ1) is 15.4. The highest BCUT2D eigenvalue weighted by molar-refractivity contribution is 6.39. The van der Waals surface area contributed by atoms with E-state index in [9.17, 15) is 9.18 Å². The molecule has 4 N–H and O–H groups in total. The van der Waals surface area contributed by atoms with Crippen LogP contribution in [0.15, 0.2) is 24.3 Å². The van der Waals surface area contributed by atoms with E-state index in [1.807, 2.05) is 0 Å². The lowest BCUT2D eigenvalue weighted by atomic mass is 10.1. The molecule has 2 rings (SSSR count). The predicted octanol–water partition coefficient (Wildman–Crippen LogP) is 4.46. The van der Waals surface area contributed by atoms with Crippen LogP contribution in [0.5, 0.6) is 0 Å². The topological polar surface area (TPSA) is 75.3 Å². The molecule has 0 aliphatic carbocycles. The predicted molar refractivity (Wildman–Crippen MR) is 82.3 cm³/mol. The third kappa shape index (κ3) is 3.04. The summed E-state index contributed by atoms with van der Waals surface area (Å²) in [6.45, 7) is 1.77. The Labute approximate surface area is 130 Å². The van der Waals surface area contributed by atoms with Crippen molar-refractivity contribution in [3.63, 3.8) is 0 Å². The number of aryl methyl sites for hydroxylation is 1. The number of anilines is 3. The standard InChI is InChI=1S/C14H11Cl2FN2O2/c1-6-2-3-8(15)13(12(6)16)19-11-4-7(14(20)21)10(18)5-9(11)17/h2-5,19H,18H2,1H3,(H,20,21). The Balaban J connectivity index is 2.52. The third-order valence-electron chi connectivity index (χ3n) is 2.91. The number of nitrogens with two attached hydrogens (primary N) is 1. The van der Waals surface area contributed by atoms with Crippen LogP contribution >= 0.6 is 23.2 Å². The summed E-state index contributed by atoms with van der Waals surface area (Å²) in [5.41, 5.74) is 6.08. The number of rotatable bonds is 3. The Hall–Kier alpha value is -1.98. The second kappa shape index (κ2) is 5.79. The van der Waals surface area contributed by atoms with Gasteiger partial charge in [-0.05, 0) is 30.7 Å². The average molecular weight is 329 g/mol. The van der Waals surface area contributed by atoms with Crippen LogP contribution < -0.4 is 11.1 Å². The first-order valence-electron chi connectivity index (χ1n) is 5.85. The van der Waals surface area contributed by atoms with E-state index in [1.54, 1.807) is 19.1 Å². The summed E-state index contributed by atoms with van der Waals surface area (Å²) in [7, 11) is 0. The molecule has 0 unspecified atom stereocenters. The molecule has 0 saturated carbocycles. The summed E-state index contributed by atoms with van der Waals surface area (Å²) in [6, 6.07) is 5.36. The fourth-order valence-electron chi connectivity index (χ4n) is 1.78. The van der Waals surface area contributed by atoms with Crippen LogP contribution in [0.1, 0.15) is 15.9 Å². The molecular formula is C14H11Cl2FN2O2. The molecule has 4 nitrogen and oxygen atoms in total. The second-order valence-electron chi connectivity index (χ2n) is 4.40. The van der Waals surface area contributed by atoms with Gasteiger partial charge >= 0.3 is 5.97 Å². The van der Waals surface area contributed by atoms with E-state index in [0.29, 0.717) is 15.7 Å². The van der Waals surface area contributed by atoms with Gasteiger partial charge in [-0.2, -0.15) is 0 Å². The number of nitrogens with one attached hydrogen (secondary N) is 1. The van der Waals surface area contributed by atoms with E-state index >= 15 is 0 Å². The number of hydrogen-bond acceptors (Lipinski definition) is 3. The summed E-state index contributed by atoms with van der Waals surface area (Å²) in [6.07, 6.45) is 0. The normalized spacial score (nSPS) is 10.5. The molecule has 2 aromatic rings. The molecule has 0 fully saturated rings. The molecule has 0 saturated heterocycles. The van der Waals surface area contributed by atoms with Gasteiger partial charge in [-0.3, -0.25) is 0 Å². The van der Waals surface area contributed by atoms with Crippen LogP contribution in [0.3, 0.4) is 0 Å². The SMILES string of the molecule is Cc1ccc(Cl)c(Nc2cc(C(=O)O)c(N)cc2F)c1Cl. The van der Waals surface area contributed by atoms with Crippen LogP contribution in [-0.2, 0) is 0 Å². The number of aromatic carboxylic acids is 1. The van der Waals surface area contributed by atoms with Gasteiger partial charge in [-0.15, -0.1) is 0 Å². The summed E-state index contributed by atoms with van der Waals surface area (Å²) >= 11 is 12.2. The van der Waals surface area contributed by atoms with E-state index in [0.717, 1.165) is 17.7 Å². The van der Waals surface area contributed by atoms with E-state index in [1.165, 1.54) is 0 Å². The maximum Gasteiger partial charge on any atom is 0.337 e. The zero-order chi connectivity index (χ0) is 15.7. The van der Waals surface area contributed by atoms with Gasteiger partial charge in [0.15, 0.2) is 0 Å². The molecule has 21 heavy (non-hydrogen) atoms. The number of nitrogen functional groups attached to an aromatic ring is 1. The highest BCUT2D eigenvalue weighted by atomic mass is 35.5. The quantitative estimate of drug-likeness (QED) is 0.727. The molecule has 0 bridgehead atoms. The zero-order valence-corrected chi connectivity index (χ0v) is 12.4. The van der Waals surface area contributed by atoms with Gasteiger partial charge in [0.25, 0.3) is 0 Å². The monoisotopic (exact) mass is 328 g/mol. The number of carboxylic acids is 1. The Bertz CT molecular complexity index is 735. The molecule has 0 radical (unpaired) electrons. The molecule has 0 amide bonds. The molecule has 0 spiro atoms. The fourth-order valence-corrected chi connectivity index (χ4v) is 2.24. The van der Waals surface area contributed by atoms with E-state index < -0.39 is 11.8 Å². The Morgan fingerprint density at radius 2 is 2.00 bits per heavy atom. The molecule has 0 atom stereocenters. The Kier molecular flexibility index (Phi) is 4.25. The van der Waals surface area contributed by atoms with Crippen LogP contribution in [0, 0.1) is 12.7 Å². The van der Waals surface area contributed by atoms with Crippen molar-refractivity contribution in [3.05, 3.63) is 51.3 Å². The second-order valence-corrected chi connectivity index (χ2v) is 5.19. The minimum Gasteiger partial charge on any atom is -0.478 e. The van der Waals surface area contributed by atoms with Crippen molar-refractivity contribution >= 4 is 46.2 Å². The third-order valence-corrected chi connectivity index (χ3v) is 3.72. The van der Waals surface area contributed by atoms with Crippen molar-refractivity contribution in [2.75, 3.05) is 11.1 Å². The number of carboxylic acid groups (broad SMARTS) is 1. The van der Waals surface area contributed by atoms with Gasteiger partial charge in [0.1, 0.15) is 5.82 Å². The molecular weight excluding hydrogens is 318 g/mol. The molecule has 110 valence electrons. The summed E-state index contributed by atoms with van der Waals surface area (Å²) in [4.78, 5) is 11.0. The van der Waals surface area contributed by atoms with Crippen molar-refractivity contribution < 1.29 is 14.3 Å². The van der Waals surface area contributed by atoms with Crippen molar-refractivity contribution in [1.82, 2.24) is 0 Å². The first-order valence-corrected chi connectivity index (χ1v) is 6.60. The summed E-state index contributed by atoms with van der Waals surface area (Å²) < 4.78 is 13.9. The molecule has 0 aliphatic heterocycles.